The van der Waals surface area contributed by atoms with Crippen molar-refractivity contribution in [3.63, 3.8) is 0 Å². The molecule has 1 heterocycles. The molecule has 0 spiro atoms. The standard InChI is InChI=1S/C16H18N4O2S2/c1-10-3-5-12(6-4-10)17-14(22)9-23-16-19-18-15(24-16)20(11(2)21)13-7-8-13/h3-6,13H,7-9H2,1-2H3,(H,17,22). The molecule has 1 N–H and O–H groups in total. The fraction of sp³-hybridized carbons (Fsp3) is 0.375. The van der Waals surface area contributed by atoms with Crippen LogP contribution in [-0.4, -0.2) is 33.8 Å². The van der Waals surface area contributed by atoms with Crippen molar-refractivity contribution in [2.45, 2.75) is 37.1 Å². The number of nitrogens with one attached hydrogen (secondary N) is 1. The van der Waals surface area contributed by atoms with E-state index in [9.17, 15) is 9.59 Å². The molecule has 2 amide bonds. The van der Waals surface area contributed by atoms with Gasteiger partial charge in [0, 0.05) is 18.7 Å². The van der Waals surface area contributed by atoms with Gasteiger partial charge in [-0.25, -0.2) is 0 Å². The highest BCUT2D eigenvalue weighted by molar-refractivity contribution is 8.01. The molecule has 1 fully saturated rings. The first kappa shape index (κ1) is 16.9. The molecule has 3 rings (SSSR count). The highest BCUT2D eigenvalue weighted by atomic mass is 32.2. The van der Waals surface area contributed by atoms with Crippen LogP contribution in [0.1, 0.15) is 25.3 Å². The molecule has 0 atom stereocenters. The van der Waals surface area contributed by atoms with E-state index in [1.165, 1.54) is 23.1 Å². The largest absolute Gasteiger partial charge is 0.325 e. The Labute approximate surface area is 148 Å². The molecule has 1 aliphatic carbocycles. The van der Waals surface area contributed by atoms with Gasteiger partial charge in [-0.2, -0.15) is 0 Å². The average Bonchev–Trinajstić information content (AvgIpc) is 3.25. The minimum absolute atomic E-state index is 0.0117. The van der Waals surface area contributed by atoms with Crippen molar-refractivity contribution in [3.05, 3.63) is 29.8 Å². The number of hydrogen-bond donors (Lipinski definition) is 1. The lowest BCUT2D eigenvalue weighted by Gasteiger charge is -2.15. The maximum atomic E-state index is 12.0. The average molecular weight is 362 g/mol. The molecule has 0 aliphatic heterocycles. The van der Waals surface area contributed by atoms with Crippen molar-refractivity contribution in [2.75, 3.05) is 16.0 Å². The van der Waals surface area contributed by atoms with Gasteiger partial charge in [0.15, 0.2) is 4.34 Å². The fourth-order valence-corrected chi connectivity index (χ4v) is 3.96. The number of thioether (sulfide) groups is 1. The van der Waals surface area contributed by atoms with E-state index >= 15 is 0 Å². The van der Waals surface area contributed by atoms with Crippen LogP contribution in [0.5, 0.6) is 0 Å². The van der Waals surface area contributed by atoms with Crippen LogP contribution in [0.2, 0.25) is 0 Å². The van der Waals surface area contributed by atoms with E-state index in [0.717, 1.165) is 24.1 Å². The number of aryl methyl sites for hydroxylation is 1. The van der Waals surface area contributed by atoms with Gasteiger partial charge in [-0.15, -0.1) is 10.2 Å². The summed E-state index contributed by atoms with van der Waals surface area (Å²) in [6, 6.07) is 7.92. The Balaban J connectivity index is 1.54. The van der Waals surface area contributed by atoms with E-state index in [2.05, 4.69) is 15.5 Å². The lowest BCUT2D eigenvalue weighted by molar-refractivity contribution is -0.116. The van der Waals surface area contributed by atoms with Gasteiger partial charge in [0.1, 0.15) is 0 Å². The summed E-state index contributed by atoms with van der Waals surface area (Å²) in [5.41, 5.74) is 1.93. The summed E-state index contributed by atoms with van der Waals surface area (Å²) in [4.78, 5) is 25.4. The molecule has 0 bridgehead atoms. The van der Waals surface area contributed by atoms with Gasteiger partial charge >= 0.3 is 0 Å². The van der Waals surface area contributed by atoms with Crippen molar-refractivity contribution >= 4 is 45.7 Å². The zero-order chi connectivity index (χ0) is 17.1. The van der Waals surface area contributed by atoms with Gasteiger partial charge in [0.25, 0.3) is 0 Å². The van der Waals surface area contributed by atoms with E-state index in [0.29, 0.717) is 9.47 Å². The molecule has 0 saturated heterocycles. The van der Waals surface area contributed by atoms with Crippen molar-refractivity contribution in [2.24, 2.45) is 0 Å². The van der Waals surface area contributed by atoms with Crippen LogP contribution >= 0.6 is 23.1 Å². The van der Waals surface area contributed by atoms with Crippen molar-refractivity contribution in [1.29, 1.82) is 0 Å². The smallest absolute Gasteiger partial charge is 0.234 e. The van der Waals surface area contributed by atoms with Gasteiger partial charge < -0.3 is 5.32 Å². The molecule has 1 aliphatic rings. The van der Waals surface area contributed by atoms with Crippen LogP contribution in [0.4, 0.5) is 10.8 Å². The van der Waals surface area contributed by atoms with Crippen LogP contribution < -0.4 is 10.2 Å². The number of anilines is 2. The number of benzene rings is 1. The van der Waals surface area contributed by atoms with Crippen LogP contribution in [0, 0.1) is 6.92 Å². The van der Waals surface area contributed by atoms with E-state index < -0.39 is 0 Å². The van der Waals surface area contributed by atoms with E-state index in [1.807, 2.05) is 31.2 Å². The Hall–Kier alpha value is -1.93. The minimum atomic E-state index is -0.0915. The van der Waals surface area contributed by atoms with Crippen LogP contribution in [0.15, 0.2) is 28.6 Å². The molecular formula is C16H18N4O2S2. The number of hydrogen-bond acceptors (Lipinski definition) is 6. The van der Waals surface area contributed by atoms with Gasteiger partial charge in [-0.05, 0) is 31.9 Å². The number of rotatable bonds is 6. The van der Waals surface area contributed by atoms with Crippen LogP contribution in [-0.2, 0) is 9.59 Å². The summed E-state index contributed by atoms with van der Waals surface area (Å²) < 4.78 is 0.691. The second-order valence-corrected chi connectivity index (χ2v) is 7.85. The van der Waals surface area contributed by atoms with Crippen molar-refractivity contribution in [3.8, 4) is 0 Å². The predicted octanol–water partition coefficient (Wildman–Crippen LogP) is 3.09. The predicted molar refractivity (Wildman–Crippen MR) is 96.6 cm³/mol. The highest BCUT2D eigenvalue weighted by Crippen LogP contribution is 2.35. The monoisotopic (exact) mass is 362 g/mol. The first-order valence-corrected chi connectivity index (χ1v) is 9.46. The third kappa shape index (κ3) is 4.33. The minimum Gasteiger partial charge on any atom is -0.325 e. The lowest BCUT2D eigenvalue weighted by atomic mass is 10.2. The topological polar surface area (TPSA) is 75.2 Å². The fourth-order valence-electron chi connectivity index (χ4n) is 2.20. The third-order valence-corrected chi connectivity index (χ3v) is 5.57. The van der Waals surface area contributed by atoms with E-state index in [1.54, 1.807) is 11.8 Å². The summed E-state index contributed by atoms with van der Waals surface area (Å²) >= 11 is 2.68. The molecule has 6 nitrogen and oxygen atoms in total. The first-order valence-electron chi connectivity index (χ1n) is 7.65. The van der Waals surface area contributed by atoms with Gasteiger partial charge in [0.2, 0.25) is 16.9 Å². The van der Waals surface area contributed by atoms with E-state index in [4.69, 9.17) is 0 Å². The summed E-state index contributed by atoms with van der Waals surface area (Å²) in [5, 5.41) is 11.6. The normalized spacial score (nSPS) is 13.6. The third-order valence-electron chi connectivity index (χ3n) is 3.52. The first-order chi connectivity index (χ1) is 11.5. The molecule has 0 radical (unpaired) electrons. The lowest BCUT2D eigenvalue weighted by Crippen LogP contribution is -2.30. The summed E-state index contributed by atoms with van der Waals surface area (Å²) in [6.07, 6.45) is 2.03. The molecule has 126 valence electrons. The van der Waals surface area contributed by atoms with Crippen molar-refractivity contribution in [1.82, 2.24) is 10.2 Å². The number of amides is 2. The SMILES string of the molecule is CC(=O)N(c1nnc(SCC(=O)Nc2ccc(C)cc2)s1)C1CC1. The van der Waals surface area contributed by atoms with E-state index in [-0.39, 0.29) is 23.6 Å². The maximum absolute atomic E-state index is 12.0. The number of nitrogens with zero attached hydrogens (tertiary/aromatic N) is 3. The summed E-state index contributed by atoms with van der Waals surface area (Å²) in [7, 11) is 0. The number of carbonyl (C=O) groups is 2. The second-order valence-electron chi connectivity index (χ2n) is 5.67. The molecule has 2 aromatic rings. The Morgan fingerprint density at radius 2 is 2.00 bits per heavy atom. The maximum Gasteiger partial charge on any atom is 0.234 e. The molecule has 24 heavy (non-hydrogen) atoms. The molecule has 8 heteroatoms. The summed E-state index contributed by atoms with van der Waals surface area (Å²) in [6.45, 7) is 3.54. The highest BCUT2D eigenvalue weighted by Gasteiger charge is 2.34. The molecular weight excluding hydrogens is 344 g/mol. The van der Waals surface area contributed by atoms with Crippen LogP contribution in [0.3, 0.4) is 0 Å². The zero-order valence-electron chi connectivity index (χ0n) is 13.5. The second kappa shape index (κ2) is 7.31. The Kier molecular flexibility index (Phi) is 5.15. The van der Waals surface area contributed by atoms with Gasteiger partial charge in [0.05, 0.1) is 5.75 Å². The van der Waals surface area contributed by atoms with Crippen molar-refractivity contribution < 1.29 is 9.59 Å². The van der Waals surface area contributed by atoms with Gasteiger partial charge in [-0.1, -0.05) is 40.8 Å². The Morgan fingerprint density at radius 3 is 2.62 bits per heavy atom. The zero-order valence-corrected chi connectivity index (χ0v) is 15.1. The van der Waals surface area contributed by atoms with Gasteiger partial charge in [-0.3, -0.25) is 14.5 Å². The Bertz CT molecular complexity index is 741. The molecule has 0 unspecified atom stereocenters. The number of carbonyl (C=O) groups excluding carboxylic acids is 2. The Morgan fingerprint density at radius 1 is 1.29 bits per heavy atom. The molecule has 1 aromatic carbocycles. The summed E-state index contributed by atoms with van der Waals surface area (Å²) in [5.74, 6) is 0.153. The molecule has 1 aromatic heterocycles. The number of aromatic nitrogens is 2. The quantitative estimate of drug-likeness (QED) is 0.631. The molecule has 1 saturated carbocycles. The van der Waals surface area contributed by atoms with Crippen LogP contribution in [0.25, 0.3) is 0 Å².